The van der Waals surface area contributed by atoms with Crippen LogP contribution >= 0.6 is 0 Å². The number of benzene rings is 1. The maximum atomic E-state index is 12.9. The lowest BCUT2D eigenvalue weighted by Crippen LogP contribution is -2.38. The quantitative estimate of drug-likeness (QED) is 0.600. The van der Waals surface area contributed by atoms with Gasteiger partial charge in [-0.2, -0.15) is 17.5 Å². The summed E-state index contributed by atoms with van der Waals surface area (Å²) < 4.78 is 70.6. The normalized spacial score (nSPS) is 15.7. The van der Waals surface area contributed by atoms with Gasteiger partial charge < -0.3 is 9.32 Å². The minimum Gasteiger partial charge on any atom is -0.467 e. The third kappa shape index (κ3) is 6.57. The monoisotopic (exact) mass is 458 g/mol. The van der Waals surface area contributed by atoms with Crippen molar-refractivity contribution in [2.75, 3.05) is 19.6 Å². The van der Waals surface area contributed by atoms with Gasteiger partial charge >= 0.3 is 6.18 Å². The highest BCUT2D eigenvalue weighted by molar-refractivity contribution is 7.89. The van der Waals surface area contributed by atoms with Gasteiger partial charge in [-0.15, -0.1) is 0 Å². The second-order valence-electron chi connectivity index (χ2n) is 7.55. The Balaban J connectivity index is 1.61. The van der Waals surface area contributed by atoms with E-state index < -0.39 is 28.7 Å². The van der Waals surface area contributed by atoms with E-state index in [2.05, 4.69) is 0 Å². The van der Waals surface area contributed by atoms with Crippen molar-refractivity contribution >= 4 is 15.9 Å². The van der Waals surface area contributed by atoms with Gasteiger partial charge in [0.1, 0.15) is 12.3 Å². The first kappa shape index (κ1) is 23.3. The lowest BCUT2D eigenvalue weighted by molar-refractivity contribution is -0.162. The maximum Gasteiger partial charge on any atom is 0.406 e. The molecule has 1 saturated heterocycles. The summed E-state index contributed by atoms with van der Waals surface area (Å²) in [5.41, 5.74) is 0.677. The zero-order valence-electron chi connectivity index (χ0n) is 17.0. The predicted octanol–water partition coefficient (Wildman–Crippen LogP) is 3.98. The summed E-state index contributed by atoms with van der Waals surface area (Å²) in [6.07, 6.45) is -0.413. The number of hydrogen-bond acceptors (Lipinski definition) is 4. The molecule has 1 amide bonds. The third-order valence-electron chi connectivity index (χ3n) is 5.15. The zero-order valence-corrected chi connectivity index (χ0v) is 17.8. The van der Waals surface area contributed by atoms with Crippen molar-refractivity contribution in [1.29, 1.82) is 0 Å². The number of hydrogen-bond donors (Lipinski definition) is 0. The van der Waals surface area contributed by atoms with Crippen molar-refractivity contribution in [2.45, 2.75) is 49.7 Å². The summed E-state index contributed by atoms with van der Waals surface area (Å²) >= 11 is 0. The molecule has 0 spiro atoms. The molecule has 31 heavy (non-hydrogen) atoms. The van der Waals surface area contributed by atoms with Gasteiger partial charge in [-0.25, -0.2) is 8.42 Å². The smallest absolute Gasteiger partial charge is 0.406 e. The van der Waals surface area contributed by atoms with E-state index in [9.17, 15) is 26.4 Å². The Morgan fingerprint density at radius 2 is 1.74 bits per heavy atom. The van der Waals surface area contributed by atoms with Gasteiger partial charge in [0.15, 0.2) is 0 Å². The minimum absolute atomic E-state index is 0.130. The third-order valence-corrected chi connectivity index (χ3v) is 7.07. The highest BCUT2D eigenvalue weighted by Gasteiger charge is 2.33. The van der Waals surface area contributed by atoms with Crippen molar-refractivity contribution in [3.63, 3.8) is 0 Å². The van der Waals surface area contributed by atoms with Crippen molar-refractivity contribution < 1.29 is 30.8 Å². The van der Waals surface area contributed by atoms with E-state index in [4.69, 9.17) is 4.42 Å². The summed E-state index contributed by atoms with van der Waals surface area (Å²) in [6, 6.07) is 9.23. The zero-order chi connectivity index (χ0) is 22.5. The number of carbonyl (C=O) groups is 1. The van der Waals surface area contributed by atoms with Crippen LogP contribution in [0.25, 0.3) is 0 Å². The van der Waals surface area contributed by atoms with Gasteiger partial charge in [-0.3, -0.25) is 4.79 Å². The van der Waals surface area contributed by atoms with Gasteiger partial charge in [0.05, 0.1) is 17.7 Å². The Labute approximate surface area is 179 Å². The van der Waals surface area contributed by atoms with Crippen molar-refractivity contribution in [1.82, 2.24) is 9.21 Å². The van der Waals surface area contributed by atoms with Gasteiger partial charge in [0.25, 0.3) is 0 Å². The molecular formula is C21H25F3N2O4S. The van der Waals surface area contributed by atoms with E-state index in [1.54, 1.807) is 18.2 Å². The molecule has 3 rings (SSSR count). The van der Waals surface area contributed by atoms with Crippen LogP contribution in [-0.4, -0.2) is 49.3 Å². The van der Waals surface area contributed by atoms with E-state index in [1.165, 1.54) is 28.8 Å². The summed E-state index contributed by atoms with van der Waals surface area (Å²) in [5, 5.41) is 0. The first-order valence-corrected chi connectivity index (χ1v) is 11.6. The number of rotatable bonds is 8. The molecule has 1 aliphatic rings. The Kier molecular flexibility index (Phi) is 7.42. The molecular weight excluding hydrogens is 433 g/mol. The Bertz CT molecular complexity index is 952. The average molecular weight is 459 g/mol. The number of alkyl halides is 3. The number of furan rings is 1. The fourth-order valence-corrected chi connectivity index (χ4v) is 5.05. The van der Waals surface area contributed by atoms with Crippen LogP contribution < -0.4 is 0 Å². The van der Waals surface area contributed by atoms with Gasteiger partial charge in [0.2, 0.25) is 15.9 Å². The Hall–Kier alpha value is -2.33. The topological polar surface area (TPSA) is 70.8 Å². The highest BCUT2D eigenvalue weighted by atomic mass is 32.2. The minimum atomic E-state index is -4.52. The first-order valence-electron chi connectivity index (χ1n) is 10.1. The Morgan fingerprint density at radius 3 is 2.32 bits per heavy atom. The van der Waals surface area contributed by atoms with Crippen LogP contribution in [0.5, 0.6) is 0 Å². The van der Waals surface area contributed by atoms with Crippen molar-refractivity contribution in [3.05, 3.63) is 54.0 Å². The summed E-state index contributed by atoms with van der Waals surface area (Å²) in [6.45, 7) is -0.621. The maximum absolute atomic E-state index is 12.9. The van der Waals surface area contributed by atoms with Crippen LogP contribution in [0.15, 0.2) is 52.0 Å². The first-order chi connectivity index (χ1) is 14.6. The molecule has 1 fully saturated rings. The lowest BCUT2D eigenvalue weighted by atomic mass is 10.1. The number of sulfonamides is 1. The van der Waals surface area contributed by atoms with E-state index in [0.717, 1.165) is 19.3 Å². The lowest BCUT2D eigenvalue weighted by Gasteiger charge is -2.26. The SMILES string of the molecule is O=C(CCc1ccc(S(=O)(=O)N2CCCCC2)cc1)N(Cc1ccco1)CC(F)(F)F. The molecule has 1 aromatic carbocycles. The molecule has 10 heteroatoms. The molecule has 0 saturated carbocycles. The molecule has 2 heterocycles. The Morgan fingerprint density at radius 1 is 1.06 bits per heavy atom. The fraction of sp³-hybridized carbons (Fsp3) is 0.476. The van der Waals surface area contributed by atoms with Crippen LogP contribution in [-0.2, 0) is 27.8 Å². The molecule has 0 unspecified atom stereocenters. The summed E-state index contributed by atoms with van der Waals surface area (Å²) in [5.74, 6) is -0.386. The van der Waals surface area contributed by atoms with E-state index in [-0.39, 0.29) is 30.0 Å². The van der Waals surface area contributed by atoms with Crippen molar-refractivity contribution in [3.8, 4) is 0 Å². The van der Waals surface area contributed by atoms with Crippen LogP contribution in [0.1, 0.15) is 37.0 Å². The standard InChI is InChI=1S/C21H25F3N2O4S/c22-21(23,24)16-25(15-18-5-4-14-30-18)20(27)11-8-17-6-9-19(10-7-17)31(28,29)26-12-2-1-3-13-26/h4-7,9-10,14H,1-3,8,11-13,15-16H2. The number of carbonyl (C=O) groups excluding carboxylic acids is 1. The summed E-state index contributed by atoms with van der Waals surface area (Å²) in [4.78, 5) is 13.3. The van der Waals surface area contributed by atoms with Crippen LogP contribution in [0, 0.1) is 0 Å². The van der Waals surface area contributed by atoms with Crippen LogP contribution in [0.3, 0.4) is 0 Å². The number of nitrogens with zero attached hydrogens (tertiary/aromatic N) is 2. The molecule has 1 aliphatic heterocycles. The molecule has 0 bridgehead atoms. The molecule has 0 radical (unpaired) electrons. The molecule has 0 aliphatic carbocycles. The van der Waals surface area contributed by atoms with E-state index in [0.29, 0.717) is 23.6 Å². The molecule has 0 N–H and O–H groups in total. The predicted molar refractivity (Wildman–Crippen MR) is 108 cm³/mol. The van der Waals surface area contributed by atoms with Crippen LogP contribution in [0.2, 0.25) is 0 Å². The van der Waals surface area contributed by atoms with Crippen LogP contribution in [0.4, 0.5) is 13.2 Å². The number of halogens is 3. The van der Waals surface area contributed by atoms with E-state index in [1.807, 2.05) is 0 Å². The number of amides is 1. The van der Waals surface area contributed by atoms with Crippen molar-refractivity contribution in [2.24, 2.45) is 0 Å². The highest BCUT2D eigenvalue weighted by Crippen LogP contribution is 2.22. The van der Waals surface area contributed by atoms with Gasteiger partial charge in [-0.05, 0) is 49.1 Å². The van der Waals surface area contributed by atoms with Gasteiger partial charge in [0, 0.05) is 19.5 Å². The molecule has 0 atom stereocenters. The second kappa shape index (κ2) is 9.86. The largest absolute Gasteiger partial charge is 0.467 e. The number of aryl methyl sites for hydroxylation is 1. The fourth-order valence-electron chi connectivity index (χ4n) is 3.53. The molecule has 6 nitrogen and oxygen atoms in total. The summed E-state index contributed by atoms with van der Waals surface area (Å²) in [7, 11) is -3.55. The van der Waals surface area contributed by atoms with E-state index >= 15 is 0 Å². The van der Waals surface area contributed by atoms with Gasteiger partial charge in [-0.1, -0.05) is 18.6 Å². The average Bonchev–Trinajstić information content (AvgIpc) is 3.24. The molecule has 1 aromatic heterocycles. The molecule has 170 valence electrons. The number of piperidine rings is 1. The molecule has 2 aromatic rings. The second-order valence-corrected chi connectivity index (χ2v) is 9.49.